The first-order valence-electron chi connectivity index (χ1n) is 16.2. The average Bonchev–Trinajstić information content (AvgIpc) is 3.33. The number of anilines is 2. The molecule has 2 atom stereocenters. The topological polar surface area (TPSA) is 95.0 Å². The van der Waals surface area contributed by atoms with Crippen LogP contribution >= 0.6 is 23.2 Å². The molecule has 4 heterocycles. The summed E-state index contributed by atoms with van der Waals surface area (Å²) in [6.07, 6.45) is 1.76. The van der Waals surface area contributed by atoms with Crippen LogP contribution in [0.4, 0.5) is 15.8 Å². The highest BCUT2D eigenvalue weighted by Gasteiger charge is 2.40. The predicted octanol–water partition coefficient (Wildman–Crippen LogP) is 5.63. The fraction of sp³-hybridized carbons (Fsp3) is 0.429. The van der Waals surface area contributed by atoms with Gasteiger partial charge >= 0.3 is 5.97 Å². The molecule has 0 spiro atoms. The van der Waals surface area contributed by atoms with E-state index in [0.29, 0.717) is 42.4 Å². The molecule has 0 radical (unpaired) electrons. The summed E-state index contributed by atoms with van der Waals surface area (Å²) in [6, 6.07) is 11.7. The molecule has 1 amide bonds. The van der Waals surface area contributed by atoms with Gasteiger partial charge in [-0.3, -0.25) is 9.69 Å². The Labute approximate surface area is 288 Å². The number of methoxy groups -OCH3 is 1. The number of carboxylic acid groups (broad SMARTS) is 1. The molecule has 13 heteroatoms. The number of amides is 1. The molecule has 48 heavy (non-hydrogen) atoms. The highest BCUT2D eigenvalue weighted by atomic mass is 35.5. The van der Waals surface area contributed by atoms with E-state index in [0.717, 1.165) is 57.3 Å². The number of halogens is 3. The Hall–Kier alpha value is -3.61. The number of morpholine rings is 1. The highest BCUT2D eigenvalue weighted by Crippen LogP contribution is 2.43. The Kier molecular flexibility index (Phi) is 9.41. The molecule has 3 saturated heterocycles. The number of benzene rings is 3. The van der Waals surface area contributed by atoms with E-state index >= 15 is 4.39 Å². The van der Waals surface area contributed by atoms with Crippen LogP contribution < -0.4 is 14.5 Å². The average molecular weight is 700 g/mol. The molecule has 3 aromatic carbocycles. The molecule has 3 fully saturated rings. The number of ether oxygens (including phenoxy) is 3. The number of carbonyl (C=O) groups excluding carboxylic acids is 1. The zero-order valence-corrected chi connectivity index (χ0v) is 28.1. The third kappa shape index (κ3) is 6.18. The smallest absolute Gasteiger partial charge is 0.337 e. The summed E-state index contributed by atoms with van der Waals surface area (Å²) in [5, 5.41) is 10.5. The standard InChI is InChI=1S/C35H37Cl2FN4O6/c1-46-12-11-39-7-9-40(10-8-39)24-13-28(36)32(29(37)14-24)34(43)41-17-21-3-2-4-25(33(21)48-20-41)26-16-31(27(35(44)45)15-30(26)38)42-22-5-6-23(42)19-47-18-22/h2-4,13-16,22-23H,5-12,17-20H2,1H3,(H,44,45). The minimum Gasteiger partial charge on any atom is -0.478 e. The summed E-state index contributed by atoms with van der Waals surface area (Å²) in [5.41, 5.74) is 2.85. The first-order chi connectivity index (χ1) is 23.2. The van der Waals surface area contributed by atoms with E-state index in [2.05, 4.69) is 14.7 Å². The van der Waals surface area contributed by atoms with Crippen molar-refractivity contribution in [3.05, 3.63) is 75.0 Å². The number of rotatable bonds is 8. The Bertz CT molecular complexity index is 1700. The first kappa shape index (κ1) is 32.9. The number of carboxylic acids is 1. The van der Waals surface area contributed by atoms with E-state index in [1.165, 1.54) is 4.90 Å². The van der Waals surface area contributed by atoms with Gasteiger partial charge in [0.05, 0.1) is 65.3 Å². The number of piperazine rings is 1. The molecule has 0 aliphatic carbocycles. The molecule has 0 aromatic heterocycles. The lowest BCUT2D eigenvalue weighted by atomic mass is 9.96. The molecule has 3 aromatic rings. The van der Waals surface area contributed by atoms with Crippen LogP contribution in [0.25, 0.3) is 11.1 Å². The SMILES string of the molecule is COCCN1CCN(c2cc(Cl)c(C(=O)N3COc4c(cccc4-c4cc(N5C6CCC5COC6)c(C(=O)O)cc4F)C3)c(Cl)c2)CC1. The monoisotopic (exact) mass is 698 g/mol. The number of aromatic carboxylic acids is 1. The second-order valence-electron chi connectivity index (χ2n) is 12.7. The number of para-hydroxylation sites is 1. The van der Waals surface area contributed by atoms with Crippen LogP contribution in [0.15, 0.2) is 42.5 Å². The molecular formula is C35H37Cl2FN4O6. The number of hydrogen-bond donors (Lipinski definition) is 1. The first-order valence-corrected chi connectivity index (χ1v) is 16.9. The Morgan fingerprint density at radius 1 is 1.00 bits per heavy atom. The van der Waals surface area contributed by atoms with Gasteiger partial charge in [-0.1, -0.05) is 41.4 Å². The van der Waals surface area contributed by atoms with Gasteiger partial charge < -0.3 is 34.0 Å². The predicted molar refractivity (Wildman–Crippen MR) is 181 cm³/mol. The van der Waals surface area contributed by atoms with E-state index in [1.54, 1.807) is 37.4 Å². The largest absolute Gasteiger partial charge is 0.478 e. The van der Waals surface area contributed by atoms with Gasteiger partial charge in [-0.2, -0.15) is 0 Å². The van der Waals surface area contributed by atoms with Crippen molar-refractivity contribution in [2.24, 2.45) is 0 Å². The molecule has 2 bridgehead atoms. The summed E-state index contributed by atoms with van der Waals surface area (Å²) < 4.78 is 32.8. The molecule has 4 aliphatic heterocycles. The lowest BCUT2D eigenvalue weighted by Crippen LogP contribution is -2.47. The van der Waals surface area contributed by atoms with E-state index in [4.69, 9.17) is 37.4 Å². The van der Waals surface area contributed by atoms with Crippen molar-refractivity contribution in [3.63, 3.8) is 0 Å². The van der Waals surface area contributed by atoms with Crippen LogP contribution in [0, 0.1) is 5.82 Å². The van der Waals surface area contributed by atoms with Crippen molar-refractivity contribution in [1.29, 1.82) is 0 Å². The zero-order chi connectivity index (χ0) is 33.5. The quantitative estimate of drug-likeness (QED) is 0.322. The lowest BCUT2D eigenvalue weighted by molar-refractivity contribution is 0.0516. The maximum atomic E-state index is 15.7. The number of fused-ring (bicyclic) bond motifs is 3. The summed E-state index contributed by atoms with van der Waals surface area (Å²) in [4.78, 5) is 34.1. The molecule has 4 aliphatic rings. The maximum absolute atomic E-state index is 15.7. The third-order valence-corrected chi connectivity index (χ3v) is 10.4. The number of nitrogens with zero attached hydrogens (tertiary/aromatic N) is 4. The number of carbonyl (C=O) groups is 2. The van der Waals surface area contributed by atoms with Crippen molar-refractivity contribution < 1.29 is 33.3 Å². The van der Waals surface area contributed by atoms with Crippen molar-refractivity contribution >= 4 is 46.5 Å². The molecule has 2 unspecified atom stereocenters. The molecule has 0 saturated carbocycles. The summed E-state index contributed by atoms with van der Waals surface area (Å²) in [6.45, 7) is 6.03. The lowest BCUT2D eigenvalue weighted by Gasteiger charge is -2.37. The summed E-state index contributed by atoms with van der Waals surface area (Å²) >= 11 is 13.4. The van der Waals surface area contributed by atoms with Crippen molar-refractivity contribution in [2.75, 3.05) is 76.2 Å². The molecule has 1 N–H and O–H groups in total. The second-order valence-corrected chi connectivity index (χ2v) is 13.5. The third-order valence-electron chi connectivity index (χ3n) is 9.82. The van der Waals surface area contributed by atoms with Crippen molar-refractivity contribution in [1.82, 2.24) is 9.80 Å². The van der Waals surface area contributed by atoms with Crippen molar-refractivity contribution in [2.45, 2.75) is 31.5 Å². The van der Waals surface area contributed by atoms with Crippen LogP contribution in [-0.2, 0) is 16.0 Å². The van der Waals surface area contributed by atoms with Crippen LogP contribution in [0.2, 0.25) is 10.0 Å². The zero-order valence-electron chi connectivity index (χ0n) is 26.6. The normalized spacial score (nSPS) is 20.9. The van der Waals surface area contributed by atoms with Gasteiger partial charge in [0, 0.05) is 62.2 Å². The van der Waals surface area contributed by atoms with Crippen LogP contribution in [-0.4, -0.2) is 105 Å². The molecule has 10 nitrogen and oxygen atoms in total. The second kappa shape index (κ2) is 13.7. The van der Waals surface area contributed by atoms with Gasteiger partial charge in [0.1, 0.15) is 11.6 Å². The van der Waals surface area contributed by atoms with Crippen LogP contribution in [0.3, 0.4) is 0 Å². The Morgan fingerprint density at radius 3 is 2.38 bits per heavy atom. The fourth-order valence-corrected chi connectivity index (χ4v) is 7.98. The minimum atomic E-state index is -1.19. The molecule has 7 rings (SSSR count). The van der Waals surface area contributed by atoms with E-state index < -0.39 is 11.8 Å². The fourth-order valence-electron chi connectivity index (χ4n) is 7.35. The maximum Gasteiger partial charge on any atom is 0.337 e. The van der Waals surface area contributed by atoms with Crippen LogP contribution in [0.1, 0.15) is 39.1 Å². The Balaban J connectivity index is 1.12. The minimum absolute atomic E-state index is 0.0321. The van der Waals surface area contributed by atoms with Crippen molar-refractivity contribution in [3.8, 4) is 16.9 Å². The van der Waals surface area contributed by atoms with E-state index in [1.807, 2.05) is 6.07 Å². The van der Waals surface area contributed by atoms with E-state index in [9.17, 15) is 14.7 Å². The molecule has 254 valence electrons. The van der Waals surface area contributed by atoms with Gasteiger partial charge in [0.2, 0.25) is 0 Å². The van der Waals surface area contributed by atoms with Gasteiger partial charge in [0.25, 0.3) is 5.91 Å². The number of hydrogen-bond acceptors (Lipinski definition) is 8. The van der Waals surface area contributed by atoms with Crippen LogP contribution in [0.5, 0.6) is 5.75 Å². The molecular weight excluding hydrogens is 662 g/mol. The van der Waals surface area contributed by atoms with Gasteiger partial charge in [-0.15, -0.1) is 0 Å². The van der Waals surface area contributed by atoms with Gasteiger partial charge in [-0.05, 0) is 37.1 Å². The summed E-state index contributed by atoms with van der Waals surface area (Å²) in [5.74, 6) is -1.79. The Morgan fingerprint density at radius 2 is 1.71 bits per heavy atom. The highest BCUT2D eigenvalue weighted by molar-refractivity contribution is 6.40. The van der Waals surface area contributed by atoms with Gasteiger partial charge in [-0.25, -0.2) is 9.18 Å². The summed E-state index contributed by atoms with van der Waals surface area (Å²) in [7, 11) is 1.70. The van der Waals surface area contributed by atoms with Gasteiger partial charge in [0.15, 0.2) is 6.73 Å². The van der Waals surface area contributed by atoms with E-state index in [-0.39, 0.29) is 58.0 Å².